The minimum Gasteiger partial charge on any atom is -0.378 e. The maximum Gasteiger partial charge on any atom is 0.226 e. The summed E-state index contributed by atoms with van der Waals surface area (Å²) in [6.07, 6.45) is 6.31. The van der Waals surface area contributed by atoms with Gasteiger partial charge in [0, 0.05) is 37.9 Å². The van der Waals surface area contributed by atoms with E-state index < -0.39 is 0 Å². The second-order valence-corrected chi connectivity index (χ2v) is 7.87. The smallest absolute Gasteiger partial charge is 0.226 e. The predicted molar refractivity (Wildman–Crippen MR) is 108 cm³/mol. The number of ether oxygens (including phenoxy) is 1. The first-order valence-corrected chi connectivity index (χ1v) is 10.3. The molecule has 2 fully saturated rings. The maximum atomic E-state index is 13.0. The van der Waals surface area contributed by atoms with E-state index in [0.717, 1.165) is 19.5 Å². The molecule has 3 aliphatic rings. The average molecular weight is 383 g/mol. The van der Waals surface area contributed by atoms with Crippen LogP contribution in [0.5, 0.6) is 0 Å². The number of rotatable bonds is 4. The lowest BCUT2D eigenvalue weighted by Crippen LogP contribution is -2.49. The Bertz CT molecular complexity index is 715. The Balaban J connectivity index is 1.36. The van der Waals surface area contributed by atoms with E-state index >= 15 is 0 Å². The zero-order valence-corrected chi connectivity index (χ0v) is 16.3. The van der Waals surface area contributed by atoms with E-state index in [4.69, 9.17) is 4.74 Å². The van der Waals surface area contributed by atoms with Crippen molar-refractivity contribution < 1.29 is 14.3 Å². The fourth-order valence-electron chi connectivity index (χ4n) is 4.45. The Labute approximate surface area is 166 Å². The number of amides is 2. The highest BCUT2D eigenvalue weighted by Gasteiger charge is 2.38. The first-order chi connectivity index (χ1) is 13.7. The van der Waals surface area contributed by atoms with Crippen molar-refractivity contribution in [3.63, 3.8) is 0 Å². The summed E-state index contributed by atoms with van der Waals surface area (Å²) in [5.74, 6) is -0.401. The number of hydrogen-bond acceptors (Lipinski definition) is 4. The van der Waals surface area contributed by atoms with Crippen LogP contribution in [0.15, 0.2) is 42.5 Å². The molecule has 1 aromatic rings. The van der Waals surface area contributed by atoms with E-state index in [-0.39, 0.29) is 29.7 Å². The fraction of sp³-hybridized carbons (Fsp3) is 0.545. The number of allylic oxidation sites excluding steroid dienone is 2. The molecular formula is C22H29N3O3. The van der Waals surface area contributed by atoms with E-state index in [9.17, 15) is 9.59 Å². The SMILES string of the molecule is O=C(N[C@@H]1CCN(c2ccccc2)C1)[C@H]1CC=CC[C@@H]1C(=O)N1CCOCC1. The molecule has 0 unspecified atom stereocenters. The summed E-state index contributed by atoms with van der Waals surface area (Å²) in [4.78, 5) is 30.2. The predicted octanol–water partition coefficient (Wildman–Crippen LogP) is 1.82. The van der Waals surface area contributed by atoms with Crippen LogP contribution in [0.1, 0.15) is 19.3 Å². The molecule has 150 valence electrons. The van der Waals surface area contributed by atoms with Crippen molar-refractivity contribution in [2.24, 2.45) is 11.8 Å². The molecule has 0 radical (unpaired) electrons. The molecule has 6 nitrogen and oxygen atoms in total. The molecule has 2 amide bonds. The van der Waals surface area contributed by atoms with Gasteiger partial charge < -0.3 is 19.9 Å². The van der Waals surface area contributed by atoms with Gasteiger partial charge in [-0.2, -0.15) is 0 Å². The molecule has 0 aromatic heterocycles. The van der Waals surface area contributed by atoms with E-state index in [2.05, 4.69) is 22.3 Å². The molecule has 4 rings (SSSR count). The second kappa shape index (κ2) is 8.78. The Kier molecular flexibility index (Phi) is 5.95. The van der Waals surface area contributed by atoms with Gasteiger partial charge in [0.2, 0.25) is 11.8 Å². The Hall–Kier alpha value is -2.34. The van der Waals surface area contributed by atoms with Crippen molar-refractivity contribution in [3.8, 4) is 0 Å². The molecule has 3 atom stereocenters. The van der Waals surface area contributed by atoms with E-state index in [1.54, 1.807) is 0 Å². The number of para-hydroxylation sites is 1. The number of anilines is 1. The van der Waals surface area contributed by atoms with Crippen LogP contribution in [0, 0.1) is 11.8 Å². The number of benzene rings is 1. The quantitative estimate of drug-likeness (QED) is 0.806. The summed E-state index contributed by atoms with van der Waals surface area (Å²) in [5, 5.41) is 3.23. The average Bonchev–Trinajstić information content (AvgIpc) is 3.23. The number of nitrogens with zero attached hydrogens (tertiary/aromatic N) is 2. The van der Waals surface area contributed by atoms with Gasteiger partial charge >= 0.3 is 0 Å². The maximum absolute atomic E-state index is 13.0. The second-order valence-electron chi connectivity index (χ2n) is 7.87. The molecule has 0 bridgehead atoms. The number of carbonyl (C=O) groups is 2. The highest BCUT2D eigenvalue weighted by atomic mass is 16.5. The van der Waals surface area contributed by atoms with Crippen LogP contribution >= 0.6 is 0 Å². The van der Waals surface area contributed by atoms with Crippen molar-refractivity contribution in [2.75, 3.05) is 44.3 Å². The molecule has 1 N–H and O–H groups in total. The Morgan fingerprint density at radius 3 is 2.43 bits per heavy atom. The van der Waals surface area contributed by atoms with Gasteiger partial charge in [-0.15, -0.1) is 0 Å². The van der Waals surface area contributed by atoms with Crippen molar-refractivity contribution in [1.29, 1.82) is 0 Å². The van der Waals surface area contributed by atoms with Gasteiger partial charge in [-0.05, 0) is 31.4 Å². The van der Waals surface area contributed by atoms with Crippen LogP contribution in [-0.4, -0.2) is 62.1 Å². The lowest BCUT2D eigenvalue weighted by atomic mass is 9.81. The largest absolute Gasteiger partial charge is 0.378 e. The van der Waals surface area contributed by atoms with Crippen molar-refractivity contribution >= 4 is 17.5 Å². The molecule has 0 spiro atoms. The van der Waals surface area contributed by atoms with Crippen LogP contribution < -0.4 is 10.2 Å². The number of carbonyl (C=O) groups excluding carboxylic acids is 2. The van der Waals surface area contributed by atoms with E-state index in [1.165, 1.54) is 5.69 Å². The van der Waals surface area contributed by atoms with Crippen LogP contribution in [0.2, 0.25) is 0 Å². The van der Waals surface area contributed by atoms with Crippen LogP contribution in [0.25, 0.3) is 0 Å². The minimum atomic E-state index is -0.272. The third-order valence-electron chi connectivity index (χ3n) is 6.07. The highest BCUT2D eigenvalue weighted by molar-refractivity contribution is 5.88. The highest BCUT2D eigenvalue weighted by Crippen LogP contribution is 2.29. The van der Waals surface area contributed by atoms with Gasteiger partial charge in [-0.1, -0.05) is 30.4 Å². The van der Waals surface area contributed by atoms with Gasteiger partial charge in [0.15, 0.2) is 0 Å². The zero-order valence-electron chi connectivity index (χ0n) is 16.3. The van der Waals surface area contributed by atoms with Gasteiger partial charge in [0.1, 0.15) is 0 Å². The third kappa shape index (κ3) is 4.22. The van der Waals surface area contributed by atoms with Gasteiger partial charge in [0.25, 0.3) is 0 Å². The summed E-state index contributed by atoms with van der Waals surface area (Å²) >= 11 is 0. The first kappa shape index (κ1) is 19.0. The molecule has 0 saturated carbocycles. The molecule has 28 heavy (non-hydrogen) atoms. The molecular weight excluding hydrogens is 354 g/mol. The van der Waals surface area contributed by atoms with Crippen molar-refractivity contribution in [3.05, 3.63) is 42.5 Å². The Morgan fingerprint density at radius 1 is 0.964 bits per heavy atom. The topological polar surface area (TPSA) is 61.9 Å². The molecule has 6 heteroatoms. The van der Waals surface area contributed by atoms with Gasteiger partial charge in [-0.3, -0.25) is 9.59 Å². The summed E-state index contributed by atoms with van der Waals surface area (Å²) in [6, 6.07) is 10.4. The molecule has 2 saturated heterocycles. The van der Waals surface area contributed by atoms with Gasteiger partial charge in [0.05, 0.1) is 25.0 Å². The zero-order chi connectivity index (χ0) is 19.3. The lowest BCUT2D eigenvalue weighted by Gasteiger charge is -2.34. The van der Waals surface area contributed by atoms with Gasteiger partial charge in [-0.25, -0.2) is 0 Å². The number of morpholine rings is 1. The molecule has 1 aromatic carbocycles. The first-order valence-electron chi connectivity index (χ1n) is 10.3. The Morgan fingerprint density at radius 2 is 1.68 bits per heavy atom. The van der Waals surface area contributed by atoms with E-state index in [0.29, 0.717) is 39.1 Å². The summed E-state index contributed by atoms with van der Waals surface area (Å²) in [6.45, 7) is 4.19. The van der Waals surface area contributed by atoms with Crippen LogP contribution in [0.3, 0.4) is 0 Å². The van der Waals surface area contributed by atoms with Crippen molar-refractivity contribution in [2.45, 2.75) is 25.3 Å². The normalized spacial score (nSPS) is 27.6. The van der Waals surface area contributed by atoms with Crippen LogP contribution in [0.4, 0.5) is 5.69 Å². The minimum absolute atomic E-state index is 0.0240. The standard InChI is InChI=1S/C22H29N3O3/c26-21(23-17-10-11-25(16-17)18-6-2-1-3-7-18)19-8-4-5-9-20(19)22(27)24-12-14-28-15-13-24/h1-7,17,19-20H,8-16H2,(H,23,26)/t17-,19+,20+/m1/s1. The summed E-state index contributed by atoms with van der Waals surface area (Å²) in [5.41, 5.74) is 1.19. The summed E-state index contributed by atoms with van der Waals surface area (Å²) in [7, 11) is 0. The van der Waals surface area contributed by atoms with E-state index in [1.807, 2.05) is 35.3 Å². The summed E-state index contributed by atoms with van der Waals surface area (Å²) < 4.78 is 5.35. The van der Waals surface area contributed by atoms with Crippen molar-refractivity contribution in [1.82, 2.24) is 10.2 Å². The molecule has 1 aliphatic carbocycles. The lowest BCUT2D eigenvalue weighted by molar-refractivity contribution is -0.145. The number of hydrogen-bond donors (Lipinski definition) is 1. The monoisotopic (exact) mass is 383 g/mol. The molecule has 2 aliphatic heterocycles. The fourth-order valence-corrected chi connectivity index (χ4v) is 4.45. The molecule has 2 heterocycles. The number of nitrogens with one attached hydrogen (secondary N) is 1. The third-order valence-corrected chi connectivity index (χ3v) is 6.07. The van der Waals surface area contributed by atoms with Crippen LogP contribution in [-0.2, 0) is 14.3 Å².